The first-order chi connectivity index (χ1) is 12.1. The van der Waals surface area contributed by atoms with Crippen LogP contribution in [-0.4, -0.2) is 60.6 Å². The SMILES string of the molecule is CCOC(=O)c1ccc(N2CC(N=C(N)N3CCC(C)CC3)C2)nc1.I. The highest BCUT2D eigenvalue weighted by Crippen LogP contribution is 2.21. The monoisotopic (exact) mass is 473 g/mol. The van der Waals surface area contributed by atoms with E-state index in [1.54, 1.807) is 19.2 Å². The van der Waals surface area contributed by atoms with Crippen molar-refractivity contribution in [3.05, 3.63) is 23.9 Å². The molecule has 0 atom stereocenters. The number of piperidine rings is 1. The van der Waals surface area contributed by atoms with Crippen molar-refractivity contribution >= 4 is 41.7 Å². The van der Waals surface area contributed by atoms with Crippen LogP contribution in [-0.2, 0) is 4.74 Å². The number of likely N-dealkylation sites (tertiary alicyclic amines) is 1. The average Bonchev–Trinajstić information content (AvgIpc) is 2.58. The van der Waals surface area contributed by atoms with Crippen LogP contribution in [0.1, 0.15) is 37.0 Å². The van der Waals surface area contributed by atoms with E-state index in [-0.39, 0.29) is 36.0 Å². The Hall–Kier alpha value is -1.58. The van der Waals surface area contributed by atoms with Gasteiger partial charge in [-0.25, -0.2) is 14.8 Å². The summed E-state index contributed by atoms with van der Waals surface area (Å²) in [4.78, 5) is 25.0. The summed E-state index contributed by atoms with van der Waals surface area (Å²) in [7, 11) is 0. The van der Waals surface area contributed by atoms with Crippen molar-refractivity contribution in [2.45, 2.75) is 32.7 Å². The Bertz CT molecular complexity index is 623. The quantitative estimate of drug-likeness (QED) is 0.312. The Morgan fingerprint density at radius 3 is 2.62 bits per heavy atom. The molecule has 7 nitrogen and oxygen atoms in total. The second-order valence-electron chi connectivity index (χ2n) is 6.84. The van der Waals surface area contributed by atoms with Gasteiger partial charge in [-0.3, -0.25) is 0 Å². The van der Waals surface area contributed by atoms with Crippen LogP contribution < -0.4 is 10.6 Å². The Morgan fingerprint density at radius 1 is 1.35 bits per heavy atom. The van der Waals surface area contributed by atoms with Crippen LogP contribution in [0.15, 0.2) is 23.3 Å². The molecule has 144 valence electrons. The van der Waals surface area contributed by atoms with Crippen LogP contribution in [0, 0.1) is 5.92 Å². The Morgan fingerprint density at radius 2 is 2.04 bits per heavy atom. The molecule has 1 aromatic rings. The van der Waals surface area contributed by atoms with Gasteiger partial charge in [-0.2, -0.15) is 0 Å². The minimum atomic E-state index is -0.337. The number of rotatable bonds is 4. The number of ether oxygens (including phenoxy) is 1. The van der Waals surface area contributed by atoms with Crippen molar-refractivity contribution in [1.82, 2.24) is 9.88 Å². The standard InChI is InChI=1S/C18H27N5O2.HI/c1-3-25-17(24)14-4-5-16(20-10-14)23-11-15(12-23)21-18(19)22-8-6-13(2)7-9-22;/h4-5,10,13,15H,3,6-9,11-12H2,1-2H3,(H2,19,21);1H. The van der Waals surface area contributed by atoms with Crippen LogP contribution in [0.3, 0.4) is 0 Å². The molecule has 0 radical (unpaired) electrons. The molecule has 0 unspecified atom stereocenters. The van der Waals surface area contributed by atoms with Crippen molar-refractivity contribution < 1.29 is 9.53 Å². The molecular formula is C18H28IN5O2. The van der Waals surface area contributed by atoms with E-state index in [4.69, 9.17) is 10.5 Å². The molecule has 0 bridgehead atoms. The molecule has 2 saturated heterocycles. The molecule has 0 aliphatic carbocycles. The molecular weight excluding hydrogens is 445 g/mol. The summed E-state index contributed by atoms with van der Waals surface area (Å²) in [5.41, 5.74) is 6.64. The van der Waals surface area contributed by atoms with Gasteiger partial charge < -0.3 is 20.3 Å². The molecule has 2 N–H and O–H groups in total. The third kappa shape index (κ3) is 4.99. The zero-order valence-corrected chi connectivity index (χ0v) is 17.8. The summed E-state index contributed by atoms with van der Waals surface area (Å²) >= 11 is 0. The number of anilines is 1. The Balaban J connectivity index is 0.00000243. The van der Waals surface area contributed by atoms with Gasteiger partial charge in [0.2, 0.25) is 0 Å². The third-order valence-corrected chi connectivity index (χ3v) is 4.87. The van der Waals surface area contributed by atoms with E-state index < -0.39 is 0 Å². The molecule has 2 fully saturated rings. The van der Waals surface area contributed by atoms with Gasteiger partial charge in [0.1, 0.15) is 5.82 Å². The van der Waals surface area contributed by atoms with E-state index in [0.29, 0.717) is 18.1 Å². The van der Waals surface area contributed by atoms with Gasteiger partial charge in [0, 0.05) is 32.4 Å². The van der Waals surface area contributed by atoms with Crippen LogP contribution in [0.25, 0.3) is 0 Å². The predicted octanol–water partition coefficient (Wildman–Crippen LogP) is 2.11. The van der Waals surface area contributed by atoms with E-state index in [9.17, 15) is 4.79 Å². The van der Waals surface area contributed by atoms with Gasteiger partial charge >= 0.3 is 5.97 Å². The number of aromatic nitrogens is 1. The number of carbonyl (C=O) groups is 1. The molecule has 2 aliphatic heterocycles. The smallest absolute Gasteiger partial charge is 0.339 e. The molecule has 8 heteroatoms. The lowest BCUT2D eigenvalue weighted by Crippen LogP contribution is -2.52. The second kappa shape index (κ2) is 9.38. The number of carbonyl (C=O) groups excluding carboxylic acids is 1. The maximum atomic E-state index is 11.6. The number of nitrogens with zero attached hydrogens (tertiary/aromatic N) is 4. The van der Waals surface area contributed by atoms with Crippen molar-refractivity contribution in [3.8, 4) is 0 Å². The number of esters is 1. The Kier molecular flexibility index (Phi) is 7.48. The van der Waals surface area contributed by atoms with Gasteiger partial charge in [-0.05, 0) is 37.8 Å². The molecule has 0 amide bonds. The van der Waals surface area contributed by atoms with E-state index in [1.165, 1.54) is 12.8 Å². The highest BCUT2D eigenvalue weighted by Gasteiger charge is 2.28. The third-order valence-electron chi connectivity index (χ3n) is 4.87. The largest absolute Gasteiger partial charge is 0.462 e. The van der Waals surface area contributed by atoms with Crippen molar-refractivity contribution in [2.24, 2.45) is 16.6 Å². The highest BCUT2D eigenvalue weighted by atomic mass is 127. The summed E-state index contributed by atoms with van der Waals surface area (Å²) in [6.45, 7) is 8.05. The van der Waals surface area contributed by atoms with E-state index in [2.05, 4.69) is 26.7 Å². The van der Waals surface area contributed by atoms with Crippen molar-refractivity contribution in [2.75, 3.05) is 37.7 Å². The lowest BCUT2D eigenvalue weighted by molar-refractivity contribution is 0.0526. The van der Waals surface area contributed by atoms with E-state index >= 15 is 0 Å². The zero-order chi connectivity index (χ0) is 17.8. The second-order valence-corrected chi connectivity index (χ2v) is 6.84. The number of nitrogens with two attached hydrogens (primary N) is 1. The number of hydrogen-bond donors (Lipinski definition) is 1. The molecule has 2 aliphatic rings. The number of guanidine groups is 1. The van der Waals surface area contributed by atoms with Crippen LogP contribution in [0.4, 0.5) is 5.82 Å². The van der Waals surface area contributed by atoms with E-state index in [0.717, 1.165) is 37.9 Å². The zero-order valence-electron chi connectivity index (χ0n) is 15.4. The lowest BCUT2D eigenvalue weighted by atomic mass is 9.99. The average molecular weight is 473 g/mol. The molecule has 0 aromatic carbocycles. The highest BCUT2D eigenvalue weighted by molar-refractivity contribution is 14.0. The van der Waals surface area contributed by atoms with Gasteiger partial charge in [0.05, 0.1) is 18.2 Å². The first kappa shape index (κ1) is 20.7. The van der Waals surface area contributed by atoms with Crippen molar-refractivity contribution in [1.29, 1.82) is 0 Å². The van der Waals surface area contributed by atoms with Gasteiger partial charge in [0.15, 0.2) is 5.96 Å². The fourth-order valence-corrected chi connectivity index (χ4v) is 3.14. The molecule has 0 spiro atoms. The summed E-state index contributed by atoms with van der Waals surface area (Å²) in [5, 5.41) is 0. The van der Waals surface area contributed by atoms with Gasteiger partial charge in [0.25, 0.3) is 0 Å². The van der Waals surface area contributed by atoms with Crippen molar-refractivity contribution in [3.63, 3.8) is 0 Å². The number of halogens is 1. The van der Waals surface area contributed by atoms with E-state index in [1.807, 2.05) is 6.07 Å². The minimum Gasteiger partial charge on any atom is -0.462 e. The predicted molar refractivity (Wildman–Crippen MR) is 113 cm³/mol. The summed E-state index contributed by atoms with van der Waals surface area (Å²) < 4.78 is 4.96. The number of pyridine rings is 1. The van der Waals surface area contributed by atoms with Crippen LogP contribution in [0.5, 0.6) is 0 Å². The normalized spacial score (nSPS) is 18.9. The van der Waals surface area contributed by atoms with Crippen LogP contribution >= 0.6 is 24.0 Å². The summed E-state index contributed by atoms with van der Waals surface area (Å²) in [5.74, 6) is 1.97. The summed E-state index contributed by atoms with van der Waals surface area (Å²) in [6.07, 6.45) is 3.93. The fourth-order valence-electron chi connectivity index (χ4n) is 3.14. The van der Waals surface area contributed by atoms with Gasteiger partial charge in [-0.1, -0.05) is 6.92 Å². The first-order valence-corrected chi connectivity index (χ1v) is 9.03. The van der Waals surface area contributed by atoms with Gasteiger partial charge in [-0.15, -0.1) is 24.0 Å². The topological polar surface area (TPSA) is 84.0 Å². The number of aliphatic imine (C=N–C) groups is 1. The molecule has 3 heterocycles. The molecule has 26 heavy (non-hydrogen) atoms. The first-order valence-electron chi connectivity index (χ1n) is 9.03. The fraction of sp³-hybridized carbons (Fsp3) is 0.611. The Labute approximate surface area is 172 Å². The molecule has 1 aromatic heterocycles. The maximum absolute atomic E-state index is 11.6. The number of hydrogen-bond acceptors (Lipinski definition) is 5. The molecule has 0 saturated carbocycles. The lowest BCUT2D eigenvalue weighted by Gasteiger charge is -2.39. The minimum absolute atomic E-state index is 0. The maximum Gasteiger partial charge on any atom is 0.339 e. The summed E-state index contributed by atoms with van der Waals surface area (Å²) in [6, 6.07) is 3.81. The van der Waals surface area contributed by atoms with Crippen LogP contribution in [0.2, 0.25) is 0 Å². The molecule has 3 rings (SSSR count).